The van der Waals surface area contributed by atoms with E-state index in [9.17, 15) is 9.18 Å². The van der Waals surface area contributed by atoms with Crippen LogP contribution in [0.4, 0.5) is 15.1 Å². The second-order valence-corrected chi connectivity index (χ2v) is 11.8. The number of nitrogens with one attached hydrogen (secondary N) is 3. The normalized spacial score (nSPS) is 19.0. The van der Waals surface area contributed by atoms with Crippen LogP contribution in [0.5, 0.6) is 0 Å². The number of halogens is 2. The highest BCUT2D eigenvalue weighted by atomic mass is 127. The molecule has 1 aromatic carbocycles. The molecule has 10 heteroatoms. The summed E-state index contributed by atoms with van der Waals surface area (Å²) in [6.07, 6.45) is 1.61. The minimum atomic E-state index is -0.351. The highest BCUT2D eigenvalue weighted by molar-refractivity contribution is 14.1. The number of carbonyl (C=O) groups is 1. The van der Waals surface area contributed by atoms with E-state index in [-0.39, 0.29) is 23.2 Å². The maximum Gasteiger partial charge on any atom is 0.254 e. The number of carbonyl (C=O) groups excluding carboxylic acids is 1. The first-order chi connectivity index (χ1) is 15.7. The number of aromatic nitrogens is 3. The van der Waals surface area contributed by atoms with E-state index in [2.05, 4.69) is 67.2 Å². The third-order valence-corrected chi connectivity index (χ3v) is 8.00. The van der Waals surface area contributed by atoms with Gasteiger partial charge in [-0.05, 0) is 78.1 Å². The monoisotopic (exact) mass is 580 g/mol. The Bertz CT molecular complexity index is 1230. The number of aryl methyl sites for hydroxylation is 1. The molecule has 1 amide bonds. The van der Waals surface area contributed by atoms with Gasteiger partial charge >= 0.3 is 0 Å². The molecule has 3 N–H and O–H groups in total. The Hall–Kier alpha value is -2.05. The fraction of sp³-hybridized carbons (Fsp3) is 0.435. The Balaban J connectivity index is 1.65. The highest BCUT2D eigenvalue weighted by Gasteiger charge is 2.36. The zero-order valence-electron chi connectivity index (χ0n) is 18.8. The lowest BCUT2D eigenvalue weighted by atomic mass is 9.85. The van der Waals surface area contributed by atoms with E-state index in [0.29, 0.717) is 22.7 Å². The van der Waals surface area contributed by atoms with E-state index in [1.54, 1.807) is 6.07 Å². The van der Waals surface area contributed by atoms with Gasteiger partial charge in [0.05, 0.1) is 16.1 Å². The lowest BCUT2D eigenvalue weighted by Gasteiger charge is -2.24. The molecule has 0 aliphatic carbocycles. The number of hydrogen-bond donors (Lipinski definition) is 3. The first kappa shape index (κ1) is 22.7. The molecule has 2 aromatic heterocycles. The van der Waals surface area contributed by atoms with Gasteiger partial charge in [-0.2, -0.15) is 0 Å². The van der Waals surface area contributed by atoms with Crippen molar-refractivity contribution in [2.75, 3.05) is 18.4 Å². The third kappa shape index (κ3) is 4.40. The van der Waals surface area contributed by atoms with E-state index in [0.717, 1.165) is 51.7 Å². The summed E-state index contributed by atoms with van der Waals surface area (Å²) in [5.41, 5.74) is 1.78. The van der Waals surface area contributed by atoms with E-state index in [4.69, 9.17) is 0 Å². The highest BCUT2D eigenvalue weighted by Crippen LogP contribution is 2.46. The van der Waals surface area contributed by atoms with Crippen molar-refractivity contribution in [3.05, 3.63) is 44.5 Å². The van der Waals surface area contributed by atoms with Crippen LogP contribution in [0, 0.1) is 21.7 Å². The summed E-state index contributed by atoms with van der Waals surface area (Å²) in [4.78, 5) is 14.5. The Morgan fingerprint density at radius 1 is 1.36 bits per heavy atom. The SMILES string of the molecule is Cc1nnc2n1CC(C)(C)Cc1c-2sc(Nc2ccc(I)cc2F)c1C(=O)NC1CCNC1. The molecule has 4 heterocycles. The number of thiophene rings is 1. The fourth-order valence-corrected chi connectivity index (χ4v) is 6.27. The van der Waals surface area contributed by atoms with Crippen LogP contribution >= 0.6 is 33.9 Å². The Morgan fingerprint density at radius 2 is 2.18 bits per heavy atom. The van der Waals surface area contributed by atoms with Gasteiger partial charge in [0.15, 0.2) is 5.82 Å². The van der Waals surface area contributed by atoms with Gasteiger partial charge in [0.2, 0.25) is 0 Å². The van der Waals surface area contributed by atoms with Gasteiger partial charge < -0.3 is 20.5 Å². The van der Waals surface area contributed by atoms with Crippen molar-refractivity contribution in [3.63, 3.8) is 0 Å². The van der Waals surface area contributed by atoms with Crippen LogP contribution in [-0.4, -0.2) is 39.8 Å². The van der Waals surface area contributed by atoms with E-state index in [1.807, 2.05) is 13.0 Å². The summed E-state index contributed by atoms with van der Waals surface area (Å²) in [7, 11) is 0. The standard InChI is InChI=1S/C23H26FIN6OS/c1-12-29-30-20-19-15(9-23(2,3)11-31(12)20)18(21(32)27-14-6-7-26-10-14)22(33-19)28-17-5-4-13(25)8-16(17)24/h4-5,8,14,26,28H,6-7,9-11H2,1-3H3,(H,27,32). The maximum atomic E-state index is 14.7. The number of amides is 1. The first-order valence-corrected chi connectivity index (χ1v) is 12.9. The summed E-state index contributed by atoms with van der Waals surface area (Å²) in [6.45, 7) is 8.75. The van der Waals surface area contributed by atoms with E-state index in [1.165, 1.54) is 17.4 Å². The summed E-state index contributed by atoms with van der Waals surface area (Å²) >= 11 is 3.53. The first-order valence-electron chi connectivity index (χ1n) is 11.0. The van der Waals surface area contributed by atoms with E-state index < -0.39 is 0 Å². The molecule has 1 saturated heterocycles. The van der Waals surface area contributed by atoms with Crippen LogP contribution in [0.3, 0.4) is 0 Å². The molecule has 33 heavy (non-hydrogen) atoms. The molecule has 1 atom stereocenters. The number of benzene rings is 1. The zero-order chi connectivity index (χ0) is 23.3. The van der Waals surface area contributed by atoms with Crippen LogP contribution in [0.2, 0.25) is 0 Å². The van der Waals surface area contributed by atoms with Gasteiger partial charge in [-0.15, -0.1) is 21.5 Å². The number of rotatable bonds is 4. The number of anilines is 2. The molecule has 2 aliphatic heterocycles. The van der Waals surface area contributed by atoms with Crippen LogP contribution < -0.4 is 16.0 Å². The molecular weight excluding hydrogens is 554 g/mol. The molecule has 1 fully saturated rings. The van der Waals surface area contributed by atoms with Crippen molar-refractivity contribution in [3.8, 4) is 10.7 Å². The predicted octanol–water partition coefficient (Wildman–Crippen LogP) is 4.48. The van der Waals surface area contributed by atoms with Crippen LogP contribution in [0.1, 0.15) is 42.0 Å². The molecular formula is C23H26FIN6OS. The zero-order valence-corrected chi connectivity index (χ0v) is 21.7. The summed E-state index contributed by atoms with van der Waals surface area (Å²) < 4.78 is 17.7. The Morgan fingerprint density at radius 3 is 2.91 bits per heavy atom. The molecule has 7 nitrogen and oxygen atoms in total. The average molecular weight is 580 g/mol. The minimum absolute atomic E-state index is 0.0839. The molecule has 0 saturated carbocycles. The van der Waals surface area contributed by atoms with Crippen LogP contribution in [0.15, 0.2) is 18.2 Å². The van der Waals surface area contributed by atoms with Gasteiger partial charge in [0.1, 0.15) is 16.6 Å². The lowest BCUT2D eigenvalue weighted by Crippen LogP contribution is -2.37. The van der Waals surface area contributed by atoms with E-state index >= 15 is 0 Å². The quantitative estimate of drug-likeness (QED) is 0.397. The molecule has 2 aliphatic rings. The minimum Gasteiger partial charge on any atom is -0.348 e. The summed E-state index contributed by atoms with van der Waals surface area (Å²) in [5.74, 6) is 1.14. The number of nitrogens with zero attached hydrogens (tertiary/aromatic N) is 3. The van der Waals surface area contributed by atoms with Gasteiger partial charge in [-0.25, -0.2) is 4.39 Å². The largest absolute Gasteiger partial charge is 0.348 e. The Labute approximate surface area is 209 Å². The molecule has 174 valence electrons. The molecule has 3 aromatic rings. The molecule has 5 rings (SSSR count). The molecule has 0 bridgehead atoms. The van der Waals surface area contributed by atoms with Crippen molar-refractivity contribution in [2.45, 2.75) is 46.2 Å². The van der Waals surface area contributed by atoms with Crippen LogP contribution in [-0.2, 0) is 13.0 Å². The topological polar surface area (TPSA) is 83.9 Å². The van der Waals surface area contributed by atoms with Crippen molar-refractivity contribution < 1.29 is 9.18 Å². The maximum absolute atomic E-state index is 14.7. The third-order valence-electron chi connectivity index (χ3n) is 6.19. The van der Waals surface area contributed by atoms with Crippen molar-refractivity contribution in [2.24, 2.45) is 5.41 Å². The number of hydrogen-bond acceptors (Lipinski definition) is 6. The Kier molecular flexibility index (Phi) is 5.94. The van der Waals surface area contributed by atoms with Crippen molar-refractivity contribution in [1.29, 1.82) is 0 Å². The summed E-state index contributed by atoms with van der Waals surface area (Å²) in [6, 6.07) is 5.12. The fourth-order valence-electron chi connectivity index (χ4n) is 4.59. The van der Waals surface area contributed by atoms with Gasteiger partial charge in [0.25, 0.3) is 5.91 Å². The smallest absolute Gasteiger partial charge is 0.254 e. The second kappa shape index (κ2) is 8.62. The molecule has 1 unspecified atom stereocenters. The van der Waals surface area contributed by atoms with Gasteiger partial charge in [-0.3, -0.25) is 4.79 Å². The van der Waals surface area contributed by atoms with Gasteiger partial charge in [-0.1, -0.05) is 13.8 Å². The summed E-state index contributed by atoms with van der Waals surface area (Å²) in [5, 5.41) is 19.1. The van der Waals surface area contributed by atoms with Crippen molar-refractivity contribution in [1.82, 2.24) is 25.4 Å². The second-order valence-electron chi connectivity index (χ2n) is 9.52. The predicted molar refractivity (Wildman–Crippen MR) is 137 cm³/mol. The molecule has 0 radical (unpaired) electrons. The molecule has 0 spiro atoms. The lowest BCUT2D eigenvalue weighted by molar-refractivity contribution is 0.0940. The van der Waals surface area contributed by atoms with Crippen LogP contribution in [0.25, 0.3) is 10.7 Å². The van der Waals surface area contributed by atoms with Gasteiger partial charge in [0, 0.05) is 22.7 Å². The average Bonchev–Trinajstić information content (AvgIpc) is 3.43. The van der Waals surface area contributed by atoms with Crippen molar-refractivity contribution >= 4 is 50.5 Å². The number of fused-ring (bicyclic) bond motifs is 3.